The molecule has 1 heterocycles. The van der Waals surface area contributed by atoms with Gasteiger partial charge in [0.1, 0.15) is 6.61 Å². The smallest absolute Gasteiger partial charge is 0.328 e. The summed E-state index contributed by atoms with van der Waals surface area (Å²) in [5, 5.41) is 8.85. The molecule has 0 aromatic rings. The fourth-order valence-corrected chi connectivity index (χ4v) is 3.13. The molecule has 4 nitrogen and oxygen atoms in total. The SMILES string of the molecule is CC1=C(/C(C)=C\C(=O)O)CC2C(C)C(=O)CO[C@H]2C1. The van der Waals surface area contributed by atoms with E-state index in [0.717, 1.165) is 24.0 Å². The Morgan fingerprint density at radius 2 is 2.11 bits per heavy atom. The van der Waals surface area contributed by atoms with Gasteiger partial charge in [-0.15, -0.1) is 0 Å². The van der Waals surface area contributed by atoms with Crippen molar-refractivity contribution >= 4 is 11.8 Å². The minimum absolute atomic E-state index is 0.000483. The maximum Gasteiger partial charge on any atom is 0.328 e. The topological polar surface area (TPSA) is 63.6 Å². The second-order valence-corrected chi connectivity index (χ2v) is 5.60. The summed E-state index contributed by atoms with van der Waals surface area (Å²) >= 11 is 0. The van der Waals surface area contributed by atoms with E-state index in [1.165, 1.54) is 11.6 Å². The molecule has 1 fully saturated rings. The molecule has 0 aromatic carbocycles. The lowest BCUT2D eigenvalue weighted by Crippen LogP contribution is -2.43. The minimum Gasteiger partial charge on any atom is -0.478 e. The summed E-state index contributed by atoms with van der Waals surface area (Å²) < 4.78 is 5.62. The Bertz CT molecular complexity index is 473. The van der Waals surface area contributed by atoms with Crippen LogP contribution in [0.25, 0.3) is 0 Å². The fraction of sp³-hybridized carbons (Fsp3) is 0.600. The first-order valence-electron chi connectivity index (χ1n) is 6.64. The van der Waals surface area contributed by atoms with Crippen LogP contribution in [0, 0.1) is 11.8 Å². The van der Waals surface area contributed by atoms with Crippen LogP contribution in [-0.2, 0) is 14.3 Å². The lowest BCUT2D eigenvalue weighted by Gasteiger charge is -2.40. The zero-order valence-corrected chi connectivity index (χ0v) is 11.6. The van der Waals surface area contributed by atoms with Gasteiger partial charge in [-0.05, 0) is 43.8 Å². The molecule has 19 heavy (non-hydrogen) atoms. The van der Waals surface area contributed by atoms with Crippen LogP contribution in [0.2, 0.25) is 0 Å². The molecule has 104 valence electrons. The van der Waals surface area contributed by atoms with Crippen LogP contribution >= 0.6 is 0 Å². The summed E-state index contributed by atoms with van der Waals surface area (Å²) in [5.74, 6) is -0.597. The van der Waals surface area contributed by atoms with Gasteiger partial charge in [0.2, 0.25) is 0 Å². The number of hydrogen-bond acceptors (Lipinski definition) is 3. The molecule has 1 aliphatic carbocycles. The fourth-order valence-electron chi connectivity index (χ4n) is 3.13. The number of ether oxygens (including phenoxy) is 1. The van der Waals surface area contributed by atoms with Crippen LogP contribution in [0.5, 0.6) is 0 Å². The highest BCUT2D eigenvalue weighted by Gasteiger charge is 2.39. The van der Waals surface area contributed by atoms with Crippen molar-refractivity contribution in [2.24, 2.45) is 11.8 Å². The van der Waals surface area contributed by atoms with Gasteiger partial charge in [-0.1, -0.05) is 12.5 Å². The van der Waals surface area contributed by atoms with Crippen molar-refractivity contribution in [1.29, 1.82) is 0 Å². The lowest BCUT2D eigenvalue weighted by atomic mass is 9.72. The monoisotopic (exact) mass is 264 g/mol. The Morgan fingerprint density at radius 1 is 1.42 bits per heavy atom. The molecule has 1 saturated heterocycles. The number of rotatable bonds is 2. The molecular formula is C15H20O4. The molecule has 0 aromatic heterocycles. The van der Waals surface area contributed by atoms with Crippen molar-refractivity contribution < 1.29 is 19.4 Å². The first kappa shape index (κ1) is 14.0. The van der Waals surface area contributed by atoms with E-state index in [9.17, 15) is 9.59 Å². The van der Waals surface area contributed by atoms with Gasteiger partial charge in [0.15, 0.2) is 5.78 Å². The van der Waals surface area contributed by atoms with E-state index in [2.05, 4.69) is 0 Å². The Morgan fingerprint density at radius 3 is 2.74 bits per heavy atom. The first-order valence-corrected chi connectivity index (χ1v) is 6.64. The lowest BCUT2D eigenvalue weighted by molar-refractivity contribution is -0.144. The highest BCUT2D eigenvalue weighted by Crippen LogP contribution is 2.40. The molecule has 0 radical (unpaired) electrons. The van der Waals surface area contributed by atoms with Gasteiger partial charge >= 0.3 is 5.97 Å². The number of ketones is 1. The van der Waals surface area contributed by atoms with E-state index in [4.69, 9.17) is 9.84 Å². The summed E-state index contributed by atoms with van der Waals surface area (Å²) in [5.41, 5.74) is 3.04. The summed E-state index contributed by atoms with van der Waals surface area (Å²) in [6.45, 7) is 6.02. The maximum absolute atomic E-state index is 11.7. The summed E-state index contributed by atoms with van der Waals surface area (Å²) in [7, 11) is 0. The van der Waals surface area contributed by atoms with Crippen molar-refractivity contribution in [2.45, 2.75) is 39.7 Å². The number of carboxylic acids is 1. The largest absolute Gasteiger partial charge is 0.478 e. The number of hydrogen-bond donors (Lipinski definition) is 1. The summed E-state index contributed by atoms with van der Waals surface area (Å²) in [4.78, 5) is 22.5. The standard InChI is InChI=1S/C15H20O4/c1-8-4-14-12(10(3)13(16)7-19-14)6-11(8)9(2)5-15(17)18/h5,10,12,14H,4,6-7H2,1-3H3,(H,17,18)/b9-5-/t10?,12?,14-/m0/s1. The Kier molecular flexibility index (Phi) is 3.90. The predicted molar refractivity (Wildman–Crippen MR) is 70.7 cm³/mol. The van der Waals surface area contributed by atoms with Gasteiger partial charge in [-0.2, -0.15) is 0 Å². The van der Waals surface area contributed by atoms with Crippen molar-refractivity contribution in [3.05, 3.63) is 22.8 Å². The van der Waals surface area contributed by atoms with E-state index in [1.807, 2.05) is 20.8 Å². The number of Topliss-reactive ketones (excluding diaryl/α,β-unsaturated/α-hetero) is 1. The van der Waals surface area contributed by atoms with Gasteiger partial charge in [-0.25, -0.2) is 4.79 Å². The van der Waals surface area contributed by atoms with E-state index >= 15 is 0 Å². The molecule has 1 N–H and O–H groups in total. The third-order valence-electron chi connectivity index (χ3n) is 4.35. The summed E-state index contributed by atoms with van der Waals surface area (Å²) in [6, 6.07) is 0. The second-order valence-electron chi connectivity index (χ2n) is 5.60. The maximum atomic E-state index is 11.7. The van der Waals surface area contributed by atoms with Crippen molar-refractivity contribution in [3.63, 3.8) is 0 Å². The summed E-state index contributed by atoms with van der Waals surface area (Å²) in [6.07, 6.45) is 2.88. The predicted octanol–water partition coefficient (Wildman–Crippen LogP) is 2.35. The quantitative estimate of drug-likeness (QED) is 0.778. The van der Waals surface area contributed by atoms with Crippen LogP contribution in [0.1, 0.15) is 33.6 Å². The number of carbonyl (C=O) groups excluding carboxylic acids is 1. The third-order valence-corrected chi connectivity index (χ3v) is 4.35. The second kappa shape index (κ2) is 5.29. The van der Waals surface area contributed by atoms with Crippen LogP contribution in [-0.4, -0.2) is 29.6 Å². The van der Waals surface area contributed by atoms with Crippen LogP contribution in [0.15, 0.2) is 22.8 Å². The first-order chi connectivity index (χ1) is 8.90. The van der Waals surface area contributed by atoms with Crippen molar-refractivity contribution in [3.8, 4) is 0 Å². The molecule has 0 spiro atoms. The van der Waals surface area contributed by atoms with Gasteiger partial charge in [0.05, 0.1) is 6.10 Å². The average Bonchev–Trinajstić information content (AvgIpc) is 2.32. The molecule has 2 unspecified atom stereocenters. The minimum atomic E-state index is -0.927. The van der Waals surface area contributed by atoms with Gasteiger partial charge in [0, 0.05) is 12.0 Å². The molecule has 2 aliphatic rings. The molecular weight excluding hydrogens is 244 g/mol. The Balaban J connectivity index is 2.27. The Hall–Kier alpha value is -1.42. The molecule has 2 rings (SSSR count). The highest BCUT2D eigenvalue weighted by atomic mass is 16.5. The normalized spacial score (nSPS) is 32.3. The third kappa shape index (κ3) is 2.78. The van der Waals surface area contributed by atoms with Crippen molar-refractivity contribution in [1.82, 2.24) is 0 Å². The van der Waals surface area contributed by atoms with Gasteiger partial charge < -0.3 is 9.84 Å². The van der Waals surface area contributed by atoms with E-state index in [-0.39, 0.29) is 30.3 Å². The van der Waals surface area contributed by atoms with E-state index in [0.29, 0.717) is 0 Å². The molecule has 4 heteroatoms. The van der Waals surface area contributed by atoms with E-state index in [1.54, 1.807) is 0 Å². The zero-order chi connectivity index (χ0) is 14.2. The van der Waals surface area contributed by atoms with Crippen LogP contribution < -0.4 is 0 Å². The number of carboxylic acid groups (broad SMARTS) is 1. The van der Waals surface area contributed by atoms with Crippen LogP contribution in [0.4, 0.5) is 0 Å². The van der Waals surface area contributed by atoms with Crippen molar-refractivity contribution in [2.75, 3.05) is 6.61 Å². The van der Waals surface area contributed by atoms with Crippen LogP contribution in [0.3, 0.4) is 0 Å². The molecule has 3 atom stereocenters. The van der Waals surface area contributed by atoms with E-state index < -0.39 is 5.97 Å². The highest BCUT2D eigenvalue weighted by molar-refractivity contribution is 5.83. The average molecular weight is 264 g/mol. The van der Waals surface area contributed by atoms with Gasteiger partial charge in [0.25, 0.3) is 0 Å². The Labute approximate surface area is 113 Å². The molecule has 1 aliphatic heterocycles. The number of carbonyl (C=O) groups is 2. The van der Waals surface area contributed by atoms with Gasteiger partial charge in [-0.3, -0.25) is 4.79 Å². The molecule has 0 amide bonds. The molecule has 0 bridgehead atoms. The molecule has 0 saturated carbocycles. The number of allylic oxidation sites excluding steroid dienone is 2. The number of fused-ring (bicyclic) bond motifs is 1. The number of aliphatic carboxylic acids is 1. The zero-order valence-electron chi connectivity index (χ0n) is 11.6.